The molecule has 1 aliphatic carbocycles. The summed E-state index contributed by atoms with van der Waals surface area (Å²) in [6, 6.07) is 16.0. The Morgan fingerprint density at radius 2 is 1.77 bits per heavy atom. The summed E-state index contributed by atoms with van der Waals surface area (Å²) in [7, 11) is 0. The number of nitrogens with zero attached hydrogens (tertiary/aromatic N) is 1. The van der Waals surface area contributed by atoms with Gasteiger partial charge in [-0.1, -0.05) is 49.2 Å². The van der Waals surface area contributed by atoms with E-state index in [0.29, 0.717) is 18.8 Å². The maximum atomic E-state index is 13.8. The highest BCUT2D eigenvalue weighted by Crippen LogP contribution is 2.39. The van der Waals surface area contributed by atoms with Gasteiger partial charge in [-0.05, 0) is 92.8 Å². The topological polar surface area (TPSA) is 88.5 Å². The molecule has 1 heterocycles. The van der Waals surface area contributed by atoms with Gasteiger partial charge < -0.3 is 15.2 Å². The maximum Gasteiger partial charge on any atom is 0.306 e. The Morgan fingerprint density at radius 3 is 2.44 bits per heavy atom. The molecule has 6 heteroatoms. The van der Waals surface area contributed by atoms with Crippen LogP contribution in [0.1, 0.15) is 81.0 Å². The number of carbonyl (C=O) groups excluding carboxylic acids is 2. The highest BCUT2D eigenvalue weighted by molar-refractivity contribution is 5.97. The third-order valence-electron chi connectivity index (χ3n) is 7.46. The number of aromatic nitrogens is 1. The van der Waals surface area contributed by atoms with Crippen LogP contribution in [0.2, 0.25) is 0 Å². The molecule has 1 amide bonds. The summed E-state index contributed by atoms with van der Waals surface area (Å²) in [4.78, 5) is 30.3. The number of rotatable bonds is 9. The van der Waals surface area contributed by atoms with E-state index in [0.717, 1.165) is 64.8 Å². The average Bonchev–Trinajstić information content (AvgIpc) is 3.43. The summed E-state index contributed by atoms with van der Waals surface area (Å²) in [5.41, 5.74) is 6.00. The number of aliphatic hydroxyl groups is 1. The van der Waals surface area contributed by atoms with Gasteiger partial charge in [-0.3, -0.25) is 14.6 Å². The van der Waals surface area contributed by atoms with Crippen LogP contribution in [0.25, 0.3) is 11.1 Å². The Morgan fingerprint density at radius 1 is 1.05 bits per heavy atom. The van der Waals surface area contributed by atoms with Crippen molar-refractivity contribution in [3.63, 3.8) is 0 Å². The van der Waals surface area contributed by atoms with E-state index >= 15 is 0 Å². The van der Waals surface area contributed by atoms with Crippen LogP contribution in [-0.2, 0) is 27.4 Å². The van der Waals surface area contributed by atoms with Gasteiger partial charge in [0.05, 0.1) is 12.5 Å². The molecule has 0 aliphatic heterocycles. The molecule has 6 nitrogen and oxygen atoms in total. The van der Waals surface area contributed by atoms with Crippen molar-refractivity contribution in [2.24, 2.45) is 5.92 Å². The van der Waals surface area contributed by atoms with Crippen LogP contribution < -0.4 is 5.32 Å². The van der Waals surface area contributed by atoms with Gasteiger partial charge in [0.1, 0.15) is 5.60 Å². The zero-order chi connectivity index (χ0) is 28.0. The number of hydrogen-bond acceptors (Lipinski definition) is 5. The fraction of sp³-hybridized carbons (Fsp3) is 0.424. The largest absolute Gasteiger partial charge is 0.460 e. The van der Waals surface area contributed by atoms with Crippen LogP contribution in [0.15, 0.2) is 60.9 Å². The summed E-state index contributed by atoms with van der Waals surface area (Å²) < 4.78 is 5.46. The Labute approximate surface area is 231 Å². The number of amides is 1. The average molecular weight is 529 g/mol. The van der Waals surface area contributed by atoms with Crippen molar-refractivity contribution in [3.05, 3.63) is 83.2 Å². The van der Waals surface area contributed by atoms with Crippen molar-refractivity contribution in [3.8, 4) is 11.1 Å². The molecule has 1 aliphatic rings. The number of carbonyl (C=O) groups is 2. The van der Waals surface area contributed by atoms with E-state index < -0.39 is 5.60 Å². The molecule has 1 atom stereocenters. The van der Waals surface area contributed by atoms with E-state index in [-0.39, 0.29) is 24.4 Å². The Kier molecular flexibility index (Phi) is 9.18. The van der Waals surface area contributed by atoms with E-state index in [1.165, 1.54) is 0 Å². The van der Waals surface area contributed by atoms with E-state index in [4.69, 9.17) is 4.74 Å². The zero-order valence-corrected chi connectivity index (χ0v) is 23.5. The van der Waals surface area contributed by atoms with Crippen LogP contribution >= 0.6 is 0 Å². The fourth-order valence-electron chi connectivity index (χ4n) is 5.47. The molecular formula is C33H40N2O4. The molecular weight excluding hydrogens is 488 g/mol. The second kappa shape index (κ2) is 12.6. The van der Waals surface area contributed by atoms with Crippen LogP contribution in [0.5, 0.6) is 0 Å². The predicted molar refractivity (Wildman–Crippen MR) is 154 cm³/mol. The molecule has 206 valence electrons. The first-order valence-electron chi connectivity index (χ1n) is 13.9. The standard InChI is InChI=1S/C33H40N2O4/c1-22-24(16-17-30(37)39-33(2,3)4)10-7-11-29(22)35-32(38)31(26-8-5-6-9-26)27-14-12-25(13-15-27)28-18-23(21-36)19-34-20-28/h7,10-15,18-20,26,31,36H,5-6,8-9,16-17,21H2,1-4H3,(H,35,38). The van der Waals surface area contributed by atoms with Crippen molar-refractivity contribution >= 4 is 17.6 Å². The molecule has 1 saturated carbocycles. The molecule has 1 unspecified atom stereocenters. The highest BCUT2D eigenvalue weighted by Gasteiger charge is 2.32. The van der Waals surface area contributed by atoms with Gasteiger partial charge in [-0.25, -0.2) is 0 Å². The van der Waals surface area contributed by atoms with Crippen LogP contribution in [0.3, 0.4) is 0 Å². The lowest BCUT2D eigenvalue weighted by molar-refractivity contribution is -0.154. The zero-order valence-electron chi connectivity index (χ0n) is 23.5. The molecule has 39 heavy (non-hydrogen) atoms. The van der Waals surface area contributed by atoms with Gasteiger partial charge in [0.25, 0.3) is 0 Å². The third kappa shape index (κ3) is 7.54. The lowest BCUT2D eigenvalue weighted by Gasteiger charge is -2.24. The lowest BCUT2D eigenvalue weighted by atomic mass is 9.83. The minimum Gasteiger partial charge on any atom is -0.460 e. The first-order valence-corrected chi connectivity index (χ1v) is 13.9. The molecule has 1 fully saturated rings. The molecule has 4 rings (SSSR count). The Bertz CT molecular complexity index is 1290. The molecule has 0 saturated heterocycles. The Balaban J connectivity index is 1.52. The summed E-state index contributed by atoms with van der Waals surface area (Å²) in [6.45, 7) is 7.55. The quantitative estimate of drug-likeness (QED) is 0.300. The van der Waals surface area contributed by atoms with Crippen molar-refractivity contribution in [2.75, 3.05) is 5.32 Å². The molecule has 2 N–H and O–H groups in total. The second-order valence-electron chi connectivity index (χ2n) is 11.5. The molecule has 0 radical (unpaired) electrons. The number of anilines is 1. The van der Waals surface area contributed by atoms with E-state index in [1.807, 2.05) is 76.2 Å². The number of benzene rings is 2. The summed E-state index contributed by atoms with van der Waals surface area (Å²) in [5.74, 6) is -0.162. The highest BCUT2D eigenvalue weighted by atomic mass is 16.6. The monoisotopic (exact) mass is 528 g/mol. The maximum absolute atomic E-state index is 13.8. The number of esters is 1. The van der Waals surface area contributed by atoms with Crippen molar-refractivity contribution < 1.29 is 19.4 Å². The number of hydrogen-bond donors (Lipinski definition) is 2. The van der Waals surface area contributed by atoms with Gasteiger partial charge in [-0.15, -0.1) is 0 Å². The van der Waals surface area contributed by atoms with Crippen LogP contribution in [0, 0.1) is 12.8 Å². The number of aryl methyl sites for hydroxylation is 1. The normalized spacial score (nSPS) is 14.7. The molecule has 2 aromatic carbocycles. The molecule has 1 aromatic heterocycles. The summed E-state index contributed by atoms with van der Waals surface area (Å²) in [6.07, 6.45) is 8.67. The SMILES string of the molecule is Cc1c(CCC(=O)OC(C)(C)C)cccc1NC(=O)C(c1ccc(-c2cncc(CO)c2)cc1)C1CCCC1. The summed E-state index contributed by atoms with van der Waals surface area (Å²) in [5, 5.41) is 12.7. The third-order valence-corrected chi connectivity index (χ3v) is 7.46. The first-order chi connectivity index (χ1) is 18.6. The van der Waals surface area contributed by atoms with Gasteiger partial charge >= 0.3 is 5.97 Å². The van der Waals surface area contributed by atoms with Crippen LogP contribution in [0.4, 0.5) is 5.69 Å². The van der Waals surface area contributed by atoms with Crippen molar-refractivity contribution in [1.29, 1.82) is 0 Å². The van der Waals surface area contributed by atoms with Gasteiger partial charge in [0, 0.05) is 30.1 Å². The lowest BCUT2D eigenvalue weighted by Crippen LogP contribution is -2.27. The molecule has 3 aromatic rings. The second-order valence-corrected chi connectivity index (χ2v) is 11.5. The minimum absolute atomic E-state index is 0.00554. The van der Waals surface area contributed by atoms with E-state index in [1.54, 1.807) is 12.4 Å². The van der Waals surface area contributed by atoms with E-state index in [2.05, 4.69) is 10.3 Å². The van der Waals surface area contributed by atoms with Crippen molar-refractivity contribution in [2.45, 2.75) is 84.3 Å². The van der Waals surface area contributed by atoms with E-state index in [9.17, 15) is 14.7 Å². The molecule has 0 bridgehead atoms. The van der Waals surface area contributed by atoms with Gasteiger partial charge in [0.15, 0.2) is 0 Å². The number of aliphatic hydroxyl groups excluding tert-OH is 1. The van der Waals surface area contributed by atoms with Crippen LogP contribution in [-0.4, -0.2) is 27.6 Å². The predicted octanol–water partition coefficient (Wildman–Crippen LogP) is 6.74. The summed E-state index contributed by atoms with van der Waals surface area (Å²) >= 11 is 0. The minimum atomic E-state index is -0.504. The number of pyridine rings is 1. The Hall–Kier alpha value is -3.51. The van der Waals surface area contributed by atoms with Gasteiger partial charge in [-0.2, -0.15) is 0 Å². The fourth-order valence-corrected chi connectivity index (χ4v) is 5.47. The number of ether oxygens (including phenoxy) is 1. The first kappa shape index (κ1) is 28.5. The molecule has 0 spiro atoms. The smallest absolute Gasteiger partial charge is 0.306 e. The number of nitrogens with one attached hydrogen (secondary N) is 1. The van der Waals surface area contributed by atoms with Gasteiger partial charge in [0.2, 0.25) is 5.91 Å². The van der Waals surface area contributed by atoms with Crippen molar-refractivity contribution in [1.82, 2.24) is 4.98 Å².